The van der Waals surface area contributed by atoms with E-state index in [9.17, 15) is 19.6 Å². The number of hydrogen-bond donors (Lipinski definition) is 3. The van der Waals surface area contributed by atoms with Crippen molar-refractivity contribution in [2.24, 2.45) is 10.2 Å². The maximum absolute atomic E-state index is 12.9. The minimum atomic E-state index is -0.550. The molecule has 126 valence electrons. The normalized spacial score (nSPS) is 11.1. The molecule has 0 aliphatic rings. The van der Waals surface area contributed by atoms with Gasteiger partial charge in [0.05, 0.1) is 10.4 Å². The summed E-state index contributed by atoms with van der Waals surface area (Å²) in [6, 6.07) is 9.50. The molecule has 0 unspecified atom stereocenters. The van der Waals surface area contributed by atoms with E-state index in [1.165, 1.54) is 42.5 Å². The Morgan fingerprint density at radius 3 is 2.68 bits per heavy atom. The SMILES string of the molecule is O=[N+]([O-])c1ccc2[nH]c(O)c(N=NC(=S)Nc3ccc(F)cc3)c2c1. The molecule has 0 fully saturated rings. The summed E-state index contributed by atoms with van der Waals surface area (Å²) in [7, 11) is 0. The van der Waals surface area contributed by atoms with Crippen LogP contribution >= 0.6 is 12.2 Å². The van der Waals surface area contributed by atoms with E-state index in [0.717, 1.165) is 0 Å². The number of nitrogens with one attached hydrogen (secondary N) is 2. The van der Waals surface area contributed by atoms with Crippen molar-refractivity contribution in [3.05, 3.63) is 58.4 Å². The van der Waals surface area contributed by atoms with Gasteiger partial charge in [-0.3, -0.25) is 10.1 Å². The maximum atomic E-state index is 12.9. The second-order valence-corrected chi connectivity index (χ2v) is 5.33. The van der Waals surface area contributed by atoms with Gasteiger partial charge in [-0.05, 0) is 42.5 Å². The maximum Gasteiger partial charge on any atom is 0.270 e. The Kier molecular flexibility index (Phi) is 4.35. The third kappa shape index (κ3) is 3.58. The fourth-order valence-corrected chi connectivity index (χ4v) is 2.30. The highest BCUT2D eigenvalue weighted by atomic mass is 32.1. The molecular weight excluding hydrogens is 349 g/mol. The predicted octanol–water partition coefficient (Wildman–Crippen LogP) is 4.40. The molecule has 1 aromatic heterocycles. The highest BCUT2D eigenvalue weighted by molar-refractivity contribution is 7.80. The van der Waals surface area contributed by atoms with Gasteiger partial charge < -0.3 is 15.4 Å². The third-order valence-electron chi connectivity index (χ3n) is 3.28. The van der Waals surface area contributed by atoms with Gasteiger partial charge in [0.25, 0.3) is 5.69 Å². The van der Waals surface area contributed by atoms with Crippen LogP contribution in [0.5, 0.6) is 5.88 Å². The summed E-state index contributed by atoms with van der Waals surface area (Å²) >= 11 is 5.01. The number of nitro benzene ring substituents is 1. The molecule has 0 saturated carbocycles. The van der Waals surface area contributed by atoms with Crippen molar-refractivity contribution in [1.29, 1.82) is 0 Å². The second kappa shape index (κ2) is 6.61. The third-order valence-corrected chi connectivity index (χ3v) is 3.47. The molecule has 1 heterocycles. The number of anilines is 1. The molecule has 3 N–H and O–H groups in total. The zero-order valence-corrected chi connectivity index (χ0v) is 13.2. The molecule has 3 aromatic rings. The number of hydrogen-bond acceptors (Lipinski definition) is 5. The standard InChI is InChI=1S/C15H10FN5O3S/c16-8-1-3-9(4-2-8)17-15(25)20-19-13-11-7-10(21(23)24)5-6-12(11)18-14(13)22/h1-7,18,22H,(H,17,25). The van der Waals surface area contributed by atoms with E-state index in [1.807, 2.05) is 0 Å². The molecule has 8 nitrogen and oxygen atoms in total. The van der Waals surface area contributed by atoms with Crippen LogP contribution in [0, 0.1) is 15.9 Å². The fraction of sp³-hybridized carbons (Fsp3) is 0. The van der Waals surface area contributed by atoms with Crippen molar-refractivity contribution in [3.8, 4) is 5.88 Å². The zero-order valence-electron chi connectivity index (χ0n) is 12.4. The Morgan fingerprint density at radius 1 is 1.28 bits per heavy atom. The first-order valence-corrected chi connectivity index (χ1v) is 7.32. The van der Waals surface area contributed by atoms with Crippen LogP contribution in [-0.4, -0.2) is 20.1 Å². The average Bonchev–Trinajstić information content (AvgIpc) is 2.89. The van der Waals surface area contributed by atoms with Crippen LogP contribution in [0.15, 0.2) is 52.7 Å². The molecule has 0 aliphatic carbocycles. The minimum absolute atomic E-state index is 0.0224. The number of aromatic amines is 1. The number of non-ortho nitro benzene ring substituents is 1. The van der Waals surface area contributed by atoms with Gasteiger partial charge in [0.2, 0.25) is 11.0 Å². The van der Waals surface area contributed by atoms with Crippen molar-refractivity contribution in [3.63, 3.8) is 0 Å². The predicted molar refractivity (Wildman–Crippen MR) is 93.8 cm³/mol. The fourth-order valence-electron chi connectivity index (χ4n) is 2.14. The largest absolute Gasteiger partial charge is 0.493 e. The van der Waals surface area contributed by atoms with Crippen LogP contribution in [0.1, 0.15) is 0 Å². The lowest BCUT2D eigenvalue weighted by atomic mass is 10.2. The molecule has 0 atom stereocenters. The van der Waals surface area contributed by atoms with Gasteiger partial charge in [0.1, 0.15) is 5.82 Å². The van der Waals surface area contributed by atoms with E-state index in [4.69, 9.17) is 12.2 Å². The molecule has 2 aromatic carbocycles. The number of azo groups is 1. The number of aromatic hydroxyl groups is 1. The van der Waals surface area contributed by atoms with Crippen molar-refractivity contribution >= 4 is 45.3 Å². The molecule has 0 aliphatic heterocycles. The zero-order chi connectivity index (χ0) is 18.0. The summed E-state index contributed by atoms with van der Waals surface area (Å²) in [5.74, 6) is -0.674. The van der Waals surface area contributed by atoms with Gasteiger partial charge >= 0.3 is 0 Å². The van der Waals surface area contributed by atoms with Gasteiger partial charge in [-0.25, -0.2) is 4.39 Å². The first kappa shape index (κ1) is 16.5. The number of nitro groups is 1. The molecule has 25 heavy (non-hydrogen) atoms. The van der Waals surface area contributed by atoms with Gasteiger partial charge in [-0.15, -0.1) is 10.2 Å². The molecule has 0 saturated heterocycles. The van der Waals surface area contributed by atoms with E-state index in [1.54, 1.807) is 0 Å². The molecule has 0 bridgehead atoms. The van der Waals surface area contributed by atoms with Crippen molar-refractivity contribution in [2.75, 3.05) is 5.32 Å². The van der Waals surface area contributed by atoms with Crippen LogP contribution in [0.25, 0.3) is 10.9 Å². The topological polar surface area (TPSA) is 116 Å². The molecule has 0 amide bonds. The highest BCUT2D eigenvalue weighted by Gasteiger charge is 2.15. The lowest BCUT2D eigenvalue weighted by molar-refractivity contribution is -0.384. The smallest absolute Gasteiger partial charge is 0.270 e. The van der Waals surface area contributed by atoms with Crippen LogP contribution < -0.4 is 5.32 Å². The first-order valence-electron chi connectivity index (χ1n) is 6.91. The number of nitrogens with zero attached hydrogens (tertiary/aromatic N) is 3. The number of rotatable bonds is 3. The Balaban J connectivity index is 1.86. The van der Waals surface area contributed by atoms with E-state index in [2.05, 4.69) is 20.5 Å². The molecule has 0 spiro atoms. The van der Waals surface area contributed by atoms with Crippen LogP contribution in [0.3, 0.4) is 0 Å². The summed E-state index contributed by atoms with van der Waals surface area (Å²) in [4.78, 5) is 13.0. The second-order valence-electron chi connectivity index (χ2n) is 4.95. The Bertz CT molecular complexity index is 1000. The number of benzene rings is 2. The lowest BCUT2D eigenvalue weighted by Gasteiger charge is -2.02. The van der Waals surface area contributed by atoms with Crippen LogP contribution in [0.2, 0.25) is 0 Å². The monoisotopic (exact) mass is 359 g/mol. The molecular formula is C15H10FN5O3S. The summed E-state index contributed by atoms with van der Waals surface area (Å²) < 4.78 is 12.9. The number of aromatic nitrogens is 1. The first-order chi connectivity index (χ1) is 11.9. The van der Waals surface area contributed by atoms with Gasteiger partial charge in [0, 0.05) is 23.2 Å². The van der Waals surface area contributed by atoms with E-state index in [-0.39, 0.29) is 28.2 Å². The quantitative estimate of drug-likeness (QED) is 0.277. The van der Waals surface area contributed by atoms with Gasteiger partial charge in [-0.1, -0.05) is 0 Å². The average molecular weight is 359 g/mol. The minimum Gasteiger partial charge on any atom is -0.493 e. The van der Waals surface area contributed by atoms with Crippen molar-refractivity contribution in [2.45, 2.75) is 0 Å². The van der Waals surface area contributed by atoms with Crippen LogP contribution in [0.4, 0.5) is 21.5 Å². The molecule has 10 heteroatoms. The Morgan fingerprint density at radius 2 is 2.00 bits per heavy atom. The number of fused-ring (bicyclic) bond motifs is 1. The summed E-state index contributed by atoms with van der Waals surface area (Å²) in [5.41, 5.74) is 0.871. The van der Waals surface area contributed by atoms with E-state index < -0.39 is 4.92 Å². The summed E-state index contributed by atoms with van der Waals surface area (Å²) in [6.45, 7) is 0. The summed E-state index contributed by atoms with van der Waals surface area (Å²) in [6.07, 6.45) is 0. The Hall–Kier alpha value is -3.40. The van der Waals surface area contributed by atoms with E-state index in [0.29, 0.717) is 16.6 Å². The van der Waals surface area contributed by atoms with Gasteiger partial charge in [0.15, 0.2) is 5.69 Å². The van der Waals surface area contributed by atoms with E-state index >= 15 is 0 Å². The van der Waals surface area contributed by atoms with Crippen molar-refractivity contribution < 1.29 is 14.4 Å². The number of halogens is 1. The highest BCUT2D eigenvalue weighted by Crippen LogP contribution is 2.37. The van der Waals surface area contributed by atoms with Crippen LogP contribution in [-0.2, 0) is 0 Å². The lowest BCUT2D eigenvalue weighted by Crippen LogP contribution is -2.04. The number of thiocarbonyl (C=S) groups is 1. The molecule has 0 radical (unpaired) electrons. The molecule has 3 rings (SSSR count). The van der Waals surface area contributed by atoms with Crippen molar-refractivity contribution in [1.82, 2.24) is 4.98 Å². The van der Waals surface area contributed by atoms with Gasteiger partial charge in [-0.2, -0.15) is 0 Å². The summed E-state index contributed by atoms with van der Waals surface area (Å²) in [5, 5.41) is 31.5. The Labute approximate surface area is 145 Å². The number of H-pyrrole nitrogens is 1.